The van der Waals surface area contributed by atoms with Gasteiger partial charge in [0.15, 0.2) is 11.4 Å². The Morgan fingerprint density at radius 3 is 2.94 bits per heavy atom. The van der Waals surface area contributed by atoms with Crippen LogP contribution in [0.3, 0.4) is 0 Å². The van der Waals surface area contributed by atoms with Crippen LogP contribution in [0.1, 0.15) is 16.1 Å². The highest BCUT2D eigenvalue weighted by Gasteiger charge is 2.10. The van der Waals surface area contributed by atoms with Crippen LogP contribution in [0.2, 0.25) is 0 Å². The van der Waals surface area contributed by atoms with Gasteiger partial charge in [0.1, 0.15) is 0 Å². The summed E-state index contributed by atoms with van der Waals surface area (Å²) in [5.41, 5.74) is 2.11. The summed E-state index contributed by atoms with van der Waals surface area (Å²) in [4.78, 5) is 17.9. The topological polar surface area (TPSA) is 50.5 Å². The van der Waals surface area contributed by atoms with Crippen molar-refractivity contribution in [3.8, 4) is 0 Å². The first-order chi connectivity index (χ1) is 8.09. The van der Waals surface area contributed by atoms with E-state index in [0.717, 1.165) is 11.3 Å². The minimum absolute atomic E-state index is 0.0684. The molecule has 17 heavy (non-hydrogen) atoms. The molecule has 0 amide bonds. The van der Waals surface area contributed by atoms with E-state index < -0.39 is 0 Å². The van der Waals surface area contributed by atoms with E-state index in [1.54, 1.807) is 29.2 Å². The summed E-state index contributed by atoms with van der Waals surface area (Å²) in [6.45, 7) is 1.86. The van der Waals surface area contributed by atoms with Crippen molar-refractivity contribution in [1.29, 1.82) is 0 Å². The minimum atomic E-state index is -0.0684. The number of aryl methyl sites for hydroxylation is 1. The molecule has 0 aliphatic rings. The number of carbonyl (C=O) groups is 1. The molecule has 0 aliphatic carbocycles. The van der Waals surface area contributed by atoms with E-state index in [1.807, 2.05) is 25.9 Å². The molecule has 0 aromatic carbocycles. The smallest absolute Gasteiger partial charge is 0.190 e. The first kappa shape index (κ1) is 11.3. The van der Waals surface area contributed by atoms with E-state index in [-0.39, 0.29) is 5.78 Å². The normalized spacial score (nSPS) is 11.2. The highest BCUT2D eigenvalue weighted by atomic mass is 16.1. The second-order valence-electron chi connectivity index (χ2n) is 4.00. The predicted molar refractivity (Wildman–Crippen MR) is 64.9 cm³/mol. The van der Waals surface area contributed by atoms with Crippen molar-refractivity contribution in [3.05, 3.63) is 42.0 Å². The molecule has 0 unspecified atom stereocenters. The molecule has 5 heteroatoms. The van der Waals surface area contributed by atoms with Gasteiger partial charge < -0.3 is 4.90 Å². The zero-order valence-electron chi connectivity index (χ0n) is 10.1. The quantitative estimate of drug-likeness (QED) is 0.589. The van der Waals surface area contributed by atoms with E-state index in [2.05, 4.69) is 10.1 Å². The third kappa shape index (κ3) is 2.18. The van der Waals surface area contributed by atoms with Crippen LogP contribution in [0.15, 0.2) is 30.7 Å². The maximum atomic E-state index is 11.9. The Morgan fingerprint density at radius 2 is 2.24 bits per heavy atom. The zero-order valence-corrected chi connectivity index (χ0v) is 10.1. The molecule has 0 saturated heterocycles. The Morgan fingerprint density at radius 1 is 1.47 bits per heavy atom. The molecule has 0 spiro atoms. The fourth-order valence-electron chi connectivity index (χ4n) is 1.54. The van der Waals surface area contributed by atoms with Gasteiger partial charge >= 0.3 is 0 Å². The largest absolute Gasteiger partial charge is 0.383 e. The summed E-state index contributed by atoms with van der Waals surface area (Å²) in [7, 11) is 3.73. The van der Waals surface area contributed by atoms with Gasteiger partial charge in [-0.25, -0.2) is 9.50 Å². The number of nitrogens with zero attached hydrogens (tertiary/aromatic N) is 4. The lowest BCUT2D eigenvalue weighted by atomic mass is 10.1. The van der Waals surface area contributed by atoms with E-state index in [9.17, 15) is 4.79 Å². The molecule has 0 N–H and O–H groups in total. The second-order valence-corrected chi connectivity index (χ2v) is 4.00. The number of fused-ring (bicyclic) bond motifs is 1. The second kappa shape index (κ2) is 4.37. The molecule has 0 bridgehead atoms. The minimum Gasteiger partial charge on any atom is -0.383 e. The molecule has 2 aromatic heterocycles. The Hall–Kier alpha value is -2.17. The number of hydrogen-bond acceptors (Lipinski definition) is 4. The van der Waals surface area contributed by atoms with Crippen molar-refractivity contribution in [1.82, 2.24) is 19.5 Å². The van der Waals surface area contributed by atoms with E-state index >= 15 is 0 Å². The molecule has 0 saturated carbocycles. The summed E-state index contributed by atoms with van der Waals surface area (Å²) in [5, 5.41) is 4.12. The summed E-state index contributed by atoms with van der Waals surface area (Å²) < 4.78 is 1.66. The molecule has 2 rings (SSSR count). The van der Waals surface area contributed by atoms with Crippen LogP contribution >= 0.6 is 0 Å². The molecule has 2 aromatic rings. The van der Waals surface area contributed by atoms with Crippen molar-refractivity contribution in [3.63, 3.8) is 0 Å². The highest BCUT2D eigenvalue weighted by Crippen LogP contribution is 2.10. The van der Waals surface area contributed by atoms with Gasteiger partial charge in [-0.2, -0.15) is 5.10 Å². The number of hydrogen-bond donors (Lipinski definition) is 0. The number of ketones is 1. The van der Waals surface area contributed by atoms with E-state index in [1.165, 1.54) is 6.08 Å². The number of aromatic nitrogens is 3. The van der Waals surface area contributed by atoms with Crippen molar-refractivity contribution < 1.29 is 4.79 Å². The number of allylic oxidation sites excluding steroid dienone is 1. The predicted octanol–water partition coefficient (Wildman–Crippen LogP) is 1.30. The van der Waals surface area contributed by atoms with Gasteiger partial charge in [0.25, 0.3) is 0 Å². The zero-order chi connectivity index (χ0) is 12.4. The molecule has 0 radical (unpaired) electrons. The van der Waals surface area contributed by atoms with Crippen molar-refractivity contribution in [2.24, 2.45) is 0 Å². The fraction of sp³-hybridized carbons (Fsp3) is 0.250. The summed E-state index contributed by atoms with van der Waals surface area (Å²) in [6.07, 6.45) is 6.50. The van der Waals surface area contributed by atoms with Crippen LogP contribution in [0.5, 0.6) is 0 Å². The maximum absolute atomic E-state index is 11.9. The molecular weight excluding hydrogens is 216 g/mol. The van der Waals surface area contributed by atoms with E-state index in [4.69, 9.17) is 0 Å². The number of rotatable bonds is 3. The van der Waals surface area contributed by atoms with Gasteiger partial charge in [0, 0.05) is 38.6 Å². The molecule has 5 nitrogen and oxygen atoms in total. The van der Waals surface area contributed by atoms with Gasteiger partial charge in [-0.3, -0.25) is 4.79 Å². The number of carbonyl (C=O) groups excluding carboxylic acids is 1. The standard InChI is InChI=1S/C12H14N4O/c1-9-10(11(17)5-7-15(2)3)8-13-12-4-6-14-16(9)12/h4-8H,1-3H3/b7-5+. The van der Waals surface area contributed by atoms with Crippen LogP contribution in [-0.2, 0) is 0 Å². The Balaban J connectivity index is 2.42. The van der Waals surface area contributed by atoms with E-state index in [0.29, 0.717) is 5.56 Å². The fourth-order valence-corrected chi connectivity index (χ4v) is 1.54. The molecule has 0 fully saturated rings. The summed E-state index contributed by atoms with van der Waals surface area (Å²) >= 11 is 0. The summed E-state index contributed by atoms with van der Waals surface area (Å²) in [5.74, 6) is -0.0684. The van der Waals surface area contributed by atoms with Crippen molar-refractivity contribution in [2.75, 3.05) is 14.1 Å². The lowest BCUT2D eigenvalue weighted by Crippen LogP contribution is -2.08. The molecule has 0 aliphatic heterocycles. The third-order valence-corrected chi connectivity index (χ3v) is 2.45. The third-order valence-electron chi connectivity index (χ3n) is 2.45. The van der Waals surface area contributed by atoms with Crippen molar-refractivity contribution in [2.45, 2.75) is 6.92 Å². The van der Waals surface area contributed by atoms with Crippen LogP contribution in [0, 0.1) is 6.92 Å². The molecule has 0 atom stereocenters. The van der Waals surface area contributed by atoms with Crippen LogP contribution in [-0.4, -0.2) is 39.4 Å². The Labute approximate surface area is 99.4 Å². The molecule has 2 heterocycles. The molecule has 88 valence electrons. The lowest BCUT2D eigenvalue weighted by Gasteiger charge is -2.05. The van der Waals surface area contributed by atoms with Crippen molar-refractivity contribution >= 4 is 11.4 Å². The maximum Gasteiger partial charge on any atom is 0.190 e. The SMILES string of the molecule is Cc1c(C(=O)/C=C/N(C)C)cnc2ccnn12. The van der Waals surface area contributed by atoms with Crippen LogP contribution in [0.4, 0.5) is 0 Å². The summed E-state index contributed by atoms with van der Waals surface area (Å²) in [6, 6.07) is 1.80. The average Bonchev–Trinajstić information content (AvgIpc) is 2.75. The van der Waals surface area contributed by atoms with Crippen LogP contribution in [0.25, 0.3) is 5.65 Å². The lowest BCUT2D eigenvalue weighted by molar-refractivity contribution is 0.104. The molecular formula is C12H14N4O. The average molecular weight is 230 g/mol. The van der Waals surface area contributed by atoms with Gasteiger partial charge in [-0.05, 0) is 6.92 Å². The van der Waals surface area contributed by atoms with Gasteiger partial charge in [0.05, 0.1) is 17.5 Å². The Bertz CT molecular complexity index is 583. The first-order valence-corrected chi connectivity index (χ1v) is 5.28. The van der Waals surface area contributed by atoms with Gasteiger partial charge in [-0.1, -0.05) is 0 Å². The Kier molecular flexibility index (Phi) is 2.91. The van der Waals surface area contributed by atoms with Gasteiger partial charge in [-0.15, -0.1) is 0 Å². The monoisotopic (exact) mass is 230 g/mol. The van der Waals surface area contributed by atoms with Crippen LogP contribution < -0.4 is 0 Å². The van der Waals surface area contributed by atoms with Gasteiger partial charge in [0.2, 0.25) is 0 Å². The highest BCUT2D eigenvalue weighted by molar-refractivity contribution is 6.05. The first-order valence-electron chi connectivity index (χ1n) is 5.28.